The van der Waals surface area contributed by atoms with Crippen molar-refractivity contribution in [3.8, 4) is 17.0 Å². The van der Waals surface area contributed by atoms with E-state index in [9.17, 15) is 0 Å². The van der Waals surface area contributed by atoms with Gasteiger partial charge in [0.1, 0.15) is 5.75 Å². The molecule has 31 heavy (non-hydrogen) atoms. The summed E-state index contributed by atoms with van der Waals surface area (Å²) in [6.45, 7) is 6.90. The number of aromatic nitrogens is 1. The number of unbranched alkanes of at least 4 members (excludes halogenated alkanes) is 5. The van der Waals surface area contributed by atoms with Crippen molar-refractivity contribution >= 4 is 0 Å². The van der Waals surface area contributed by atoms with E-state index in [-0.39, 0.29) is 0 Å². The smallest absolute Gasteiger partial charge is 0.137 e. The Kier molecular flexibility index (Phi) is 13.4. The van der Waals surface area contributed by atoms with Gasteiger partial charge in [0.25, 0.3) is 0 Å². The highest BCUT2D eigenvalue weighted by Crippen LogP contribution is 2.21. The Morgan fingerprint density at radius 1 is 0.742 bits per heavy atom. The van der Waals surface area contributed by atoms with Crippen LogP contribution in [0.2, 0.25) is 0 Å². The molecule has 1 aromatic heterocycles. The third-order valence-electron chi connectivity index (χ3n) is 5.26. The van der Waals surface area contributed by atoms with Crippen LogP contribution in [0, 0.1) is 0 Å². The van der Waals surface area contributed by atoms with Crippen LogP contribution < -0.4 is 4.74 Å². The first-order valence-electron chi connectivity index (χ1n) is 12.2. The quantitative estimate of drug-likeness (QED) is 0.192. The summed E-state index contributed by atoms with van der Waals surface area (Å²) in [5, 5.41) is 0. The molecule has 0 unspecified atom stereocenters. The van der Waals surface area contributed by atoms with Crippen molar-refractivity contribution in [1.29, 1.82) is 0 Å². The summed E-state index contributed by atoms with van der Waals surface area (Å²) in [6.07, 6.45) is 18.1. The maximum atomic E-state index is 5.82. The van der Waals surface area contributed by atoms with Gasteiger partial charge < -0.3 is 9.47 Å². The Labute approximate surface area is 189 Å². The number of allylic oxidation sites excluding steroid dienone is 2. The van der Waals surface area contributed by atoms with Gasteiger partial charge in [-0.3, -0.25) is 4.98 Å². The molecule has 0 radical (unpaired) electrons. The number of pyridine rings is 1. The lowest BCUT2D eigenvalue weighted by molar-refractivity contribution is 0.130. The molecule has 0 N–H and O–H groups in total. The number of hydrogen-bond donors (Lipinski definition) is 0. The predicted octanol–water partition coefficient (Wildman–Crippen LogP) is 7.79. The van der Waals surface area contributed by atoms with Gasteiger partial charge in [0, 0.05) is 18.8 Å². The van der Waals surface area contributed by atoms with E-state index in [1.54, 1.807) is 0 Å². The third-order valence-corrected chi connectivity index (χ3v) is 5.26. The van der Waals surface area contributed by atoms with Gasteiger partial charge in [-0.15, -0.1) is 0 Å². The van der Waals surface area contributed by atoms with Crippen molar-refractivity contribution in [3.05, 3.63) is 60.3 Å². The molecule has 1 aromatic carbocycles. The number of hydrogen-bond acceptors (Lipinski definition) is 3. The molecule has 0 aliphatic rings. The number of benzene rings is 1. The molecule has 3 nitrogen and oxygen atoms in total. The Bertz CT molecular complexity index is 707. The first kappa shape index (κ1) is 25.1. The molecule has 0 aliphatic heterocycles. The summed E-state index contributed by atoms with van der Waals surface area (Å²) < 4.78 is 11.4. The van der Waals surface area contributed by atoms with Crippen LogP contribution in [0.4, 0.5) is 0 Å². The van der Waals surface area contributed by atoms with E-state index in [0.29, 0.717) is 0 Å². The molecule has 170 valence electrons. The zero-order valence-electron chi connectivity index (χ0n) is 19.7. The van der Waals surface area contributed by atoms with E-state index in [4.69, 9.17) is 9.47 Å². The van der Waals surface area contributed by atoms with Gasteiger partial charge in [-0.1, -0.05) is 69.5 Å². The van der Waals surface area contributed by atoms with Gasteiger partial charge >= 0.3 is 0 Å². The maximum Gasteiger partial charge on any atom is 0.137 e. The van der Waals surface area contributed by atoms with E-state index in [1.165, 1.54) is 37.7 Å². The van der Waals surface area contributed by atoms with Crippen molar-refractivity contribution in [1.82, 2.24) is 4.98 Å². The van der Waals surface area contributed by atoms with E-state index in [0.717, 1.165) is 68.9 Å². The fourth-order valence-electron chi connectivity index (χ4n) is 3.38. The van der Waals surface area contributed by atoms with Crippen LogP contribution in [0.1, 0.15) is 77.2 Å². The van der Waals surface area contributed by atoms with Crippen LogP contribution in [-0.4, -0.2) is 24.8 Å². The van der Waals surface area contributed by atoms with E-state index in [2.05, 4.69) is 55.2 Å². The Balaban J connectivity index is 1.66. The van der Waals surface area contributed by atoms with Crippen LogP contribution in [0.15, 0.2) is 54.7 Å². The fourth-order valence-corrected chi connectivity index (χ4v) is 3.38. The van der Waals surface area contributed by atoms with E-state index in [1.807, 2.05) is 18.3 Å². The molecular formula is C28H41NO2. The highest BCUT2D eigenvalue weighted by Gasteiger charge is 2.02. The fraction of sp³-hybridized carbons (Fsp3) is 0.536. The first-order valence-corrected chi connectivity index (χ1v) is 12.2. The molecule has 0 saturated carbocycles. The van der Waals surface area contributed by atoms with Crippen molar-refractivity contribution in [2.45, 2.75) is 78.1 Å². The zero-order valence-corrected chi connectivity index (χ0v) is 19.7. The van der Waals surface area contributed by atoms with Crippen molar-refractivity contribution in [3.63, 3.8) is 0 Å². The van der Waals surface area contributed by atoms with Gasteiger partial charge in [-0.05, 0) is 62.6 Å². The molecule has 0 fully saturated rings. The highest BCUT2D eigenvalue weighted by molar-refractivity contribution is 5.59. The Morgan fingerprint density at radius 3 is 2.26 bits per heavy atom. The summed E-state index contributed by atoms with van der Waals surface area (Å²) >= 11 is 0. The SMILES string of the molecule is CCCC/C=C/CCCOc1ccc(-c2ccc(CCCCCOCCC)cc2)nc1. The minimum atomic E-state index is 0.735. The number of nitrogens with zero attached hydrogens (tertiary/aromatic N) is 1. The van der Waals surface area contributed by atoms with Crippen LogP contribution >= 0.6 is 0 Å². The number of ether oxygens (including phenoxy) is 2. The van der Waals surface area contributed by atoms with Crippen LogP contribution in [-0.2, 0) is 11.2 Å². The van der Waals surface area contributed by atoms with Crippen molar-refractivity contribution in [2.24, 2.45) is 0 Å². The molecule has 3 heteroatoms. The lowest BCUT2D eigenvalue weighted by Gasteiger charge is -2.07. The molecule has 2 rings (SSSR count). The summed E-state index contributed by atoms with van der Waals surface area (Å²) in [6, 6.07) is 12.9. The molecule has 1 heterocycles. The Morgan fingerprint density at radius 2 is 1.55 bits per heavy atom. The molecular weight excluding hydrogens is 382 g/mol. The van der Waals surface area contributed by atoms with Crippen LogP contribution in [0.3, 0.4) is 0 Å². The van der Waals surface area contributed by atoms with Gasteiger partial charge in [-0.25, -0.2) is 0 Å². The largest absolute Gasteiger partial charge is 0.492 e. The van der Waals surface area contributed by atoms with Crippen molar-refractivity contribution in [2.75, 3.05) is 19.8 Å². The first-order chi connectivity index (χ1) is 15.3. The minimum absolute atomic E-state index is 0.735. The van der Waals surface area contributed by atoms with Gasteiger partial charge in [0.15, 0.2) is 0 Å². The van der Waals surface area contributed by atoms with Gasteiger partial charge in [0.05, 0.1) is 18.5 Å². The van der Waals surface area contributed by atoms with E-state index >= 15 is 0 Å². The average Bonchev–Trinajstić information content (AvgIpc) is 2.81. The minimum Gasteiger partial charge on any atom is -0.492 e. The molecule has 0 spiro atoms. The second kappa shape index (κ2) is 16.5. The molecule has 0 aliphatic carbocycles. The summed E-state index contributed by atoms with van der Waals surface area (Å²) in [4.78, 5) is 4.59. The summed E-state index contributed by atoms with van der Waals surface area (Å²) in [5.74, 6) is 0.846. The number of aryl methyl sites for hydroxylation is 1. The average molecular weight is 424 g/mol. The highest BCUT2D eigenvalue weighted by atomic mass is 16.5. The zero-order chi connectivity index (χ0) is 22.0. The van der Waals surface area contributed by atoms with Gasteiger partial charge in [0.2, 0.25) is 0 Å². The molecule has 0 atom stereocenters. The predicted molar refractivity (Wildman–Crippen MR) is 132 cm³/mol. The van der Waals surface area contributed by atoms with Crippen molar-refractivity contribution < 1.29 is 9.47 Å². The van der Waals surface area contributed by atoms with Crippen LogP contribution in [0.25, 0.3) is 11.3 Å². The monoisotopic (exact) mass is 423 g/mol. The standard InChI is InChI=1S/C28H41NO2/c1-3-5-6-7-8-9-13-23-31-27-19-20-28(29-24-27)26-17-15-25(16-18-26)14-11-10-12-22-30-21-4-2/h7-8,15-20,24H,3-6,9-14,21-23H2,1-2H3/b8-7+. The lowest BCUT2D eigenvalue weighted by atomic mass is 10.0. The van der Waals surface area contributed by atoms with E-state index < -0.39 is 0 Å². The molecule has 0 saturated heterocycles. The van der Waals surface area contributed by atoms with Crippen LogP contribution in [0.5, 0.6) is 5.75 Å². The molecule has 0 amide bonds. The van der Waals surface area contributed by atoms with Gasteiger partial charge in [-0.2, -0.15) is 0 Å². The maximum absolute atomic E-state index is 5.82. The Hall–Kier alpha value is -2.13. The normalized spacial score (nSPS) is 11.3. The summed E-state index contributed by atoms with van der Waals surface area (Å²) in [7, 11) is 0. The second-order valence-electron chi connectivity index (χ2n) is 8.10. The number of rotatable bonds is 17. The summed E-state index contributed by atoms with van der Waals surface area (Å²) in [5.41, 5.74) is 3.54. The molecule has 0 bridgehead atoms. The third kappa shape index (κ3) is 11.2. The topological polar surface area (TPSA) is 31.4 Å². The second-order valence-corrected chi connectivity index (χ2v) is 8.10. The lowest BCUT2D eigenvalue weighted by Crippen LogP contribution is -1.97. The molecule has 2 aromatic rings.